The summed E-state index contributed by atoms with van der Waals surface area (Å²) in [5.74, 6) is 0.979. The van der Waals surface area contributed by atoms with Crippen LogP contribution in [-0.4, -0.2) is 54.3 Å². The Morgan fingerprint density at radius 3 is 2.45 bits per heavy atom. The van der Waals surface area contributed by atoms with E-state index in [0.29, 0.717) is 24.8 Å². The maximum absolute atomic E-state index is 13.0. The number of hydrogen-bond donors (Lipinski definition) is 2. The van der Waals surface area contributed by atoms with Crippen LogP contribution >= 0.6 is 0 Å². The van der Waals surface area contributed by atoms with Gasteiger partial charge in [0.05, 0.1) is 28.6 Å². The number of carbonyl (C=O) groups is 1. The number of anilines is 2. The highest BCUT2D eigenvalue weighted by molar-refractivity contribution is 6.88. The van der Waals surface area contributed by atoms with Crippen molar-refractivity contribution in [1.82, 2.24) is 19.5 Å². The molecule has 0 aliphatic carbocycles. The van der Waals surface area contributed by atoms with Crippen molar-refractivity contribution < 1.29 is 23.4 Å². The summed E-state index contributed by atoms with van der Waals surface area (Å²) in [7, 11) is 1.37. The fourth-order valence-electron chi connectivity index (χ4n) is 3.57. The van der Waals surface area contributed by atoms with E-state index in [-0.39, 0.29) is 29.2 Å². The lowest BCUT2D eigenvalue weighted by Gasteiger charge is -2.18. The Balaban J connectivity index is 1.47. The van der Waals surface area contributed by atoms with Crippen molar-refractivity contribution in [2.75, 3.05) is 31.4 Å². The van der Waals surface area contributed by atoms with Gasteiger partial charge < -0.3 is 33.8 Å². The first-order chi connectivity index (χ1) is 18.2. The fourth-order valence-corrected chi connectivity index (χ4v) is 4.72. The Morgan fingerprint density at radius 1 is 1.08 bits per heavy atom. The van der Waals surface area contributed by atoms with Gasteiger partial charge in [-0.15, -0.1) is 0 Å². The molecule has 1 aromatic carbocycles. The van der Waals surface area contributed by atoms with Crippen LogP contribution in [0.15, 0.2) is 53.5 Å². The standard InChI is InChI=1S/C26H32N6O5Si/c1-17-7-8-18(38(4,5)6)15-20(17)37-21-10-9-19(36-21)23(33)29-22-24(34-2)30-26(31-25(22)35-3)28-12-14-32-13-11-27-16-32/h7-11,13,15-16H,12,14H2,1-6H3,(H,29,33)(H,28,30,31). The van der Waals surface area contributed by atoms with E-state index in [0.717, 1.165) is 5.56 Å². The molecule has 0 spiro atoms. The van der Waals surface area contributed by atoms with Gasteiger partial charge in [0, 0.05) is 31.5 Å². The van der Waals surface area contributed by atoms with E-state index in [4.69, 9.17) is 18.6 Å². The molecule has 2 N–H and O–H groups in total. The number of ether oxygens (including phenoxy) is 3. The third kappa shape index (κ3) is 6.32. The van der Waals surface area contributed by atoms with Crippen molar-refractivity contribution in [3.8, 4) is 23.5 Å². The SMILES string of the molecule is COc1nc(NCCn2ccnc2)nc(OC)c1NC(=O)c1ccc(Oc2cc([Si](C)(C)C)ccc2C)o1. The van der Waals surface area contributed by atoms with Gasteiger partial charge in [-0.3, -0.25) is 4.79 Å². The highest BCUT2D eigenvalue weighted by Gasteiger charge is 2.22. The normalized spacial score (nSPS) is 11.2. The van der Waals surface area contributed by atoms with E-state index in [2.05, 4.69) is 51.3 Å². The molecule has 0 aliphatic heterocycles. The molecule has 11 nitrogen and oxygen atoms in total. The van der Waals surface area contributed by atoms with Crippen molar-refractivity contribution >= 4 is 30.8 Å². The largest absolute Gasteiger partial charge is 0.479 e. The Morgan fingerprint density at radius 2 is 1.82 bits per heavy atom. The van der Waals surface area contributed by atoms with Crippen LogP contribution in [0.3, 0.4) is 0 Å². The van der Waals surface area contributed by atoms with E-state index in [1.165, 1.54) is 25.5 Å². The number of nitrogens with one attached hydrogen (secondary N) is 2. The number of imidazole rings is 1. The molecule has 0 aliphatic rings. The highest BCUT2D eigenvalue weighted by Crippen LogP contribution is 2.33. The summed E-state index contributed by atoms with van der Waals surface area (Å²) in [4.78, 5) is 25.7. The zero-order valence-electron chi connectivity index (χ0n) is 22.4. The van der Waals surface area contributed by atoms with Gasteiger partial charge in [0.2, 0.25) is 17.7 Å². The number of amides is 1. The second kappa shape index (κ2) is 11.4. The molecule has 0 unspecified atom stereocenters. The molecule has 0 saturated carbocycles. The summed E-state index contributed by atoms with van der Waals surface area (Å²) in [5, 5.41) is 7.10. The number of rotatable bonds is 11. The quantitative estimate of drug-likeness (QED) is 0.270. The first-order valence-corrected chi connectivity index (χ1v) is 15.6. The summed E-state index contributed by atoms with van der Waals surface area (Å²) in [5.41, 5.74) is 1.15. The van der Waals surface area contributed by atoms with E-state index in [1.807, 2.05) is 29.8 Å². The second-order valence-corrected chi connectivity index (χ2v) is 14.7. The van der Waals surface area contributed by atoms with Crippen molar-refractivity contribution in [2.45, 2.75) is 33.1 Å². The van der Waals surface area contributed by atoms with Crippen LogP contribution in [0.1, 0.15) is 16.1 Å². The maximum Gasteiger partial charge on any atom is 0.291 e. The number of hydrogen-bond acceptors (Lipinski definition) is 9. The predicted molar refractivity (Wildman–Crippen MR) is 147 cm³/mol. The second-order valence-electron chi connectivity index (χ2n) is 9.57. The van der Waals surface area contributed by atoms with Crippen LogP contribution in [0.25, 0.3) is 0 Å². The molecule has 3 aromatic heterocycles. The first kappa shape index (κ1) is 26.7. The molecule has 3 heterocycles. The molecule has 38 heavy (non-hydrogen) atoms. The Hall–Kier alpha value is -4.32. The number of carbonyl (C=O) groups excluding carboxylic acids is 1. The summed E-state index contributed by atoms with van der Waals surface area (Å²) >= 11 is 0. The number of aryl methyl sites for hydroxylation is 1. The zero-order chi connectivity index (χ0) is 27.3. The van der Waals surface area contributed by atoms with Crippen LogP contribution < -0.4 is 30.0 Å². The van der Waals surface area contributed by atoms with Crippen LogP contribution in [-0.2, 0) is 6.54 Å². The Labute approximate surface area is 222 Å². The molecule has 1 amide bonds. The van der Waals surface area contributed by atoms with Gasteiger partial charge in [0.1, 0.15) is 5.75 Å². The number of aromatic nitrogens is 4. The Bertz CT molecular complexity index is 1370. The molecule has 0 atom stereocenters. The van der Waals surface area contributed by atoms with Crippen LogP contribution in [0.4, 0.5) is 11.6 Å². The summed E-state index contributed by atoms with van der Waals surface area (Å²) in [6.45, 7) is 9.99. The number of methoxy groups -OCH3 is 2. The van der Waals surface area contributed by atoms with Gasteiger partial charge in [-0.2, -0.15) is 9.97 Å². The van der Waals surface area contributed by atoms with E-state index >= 15 is 0 Å². The summed E-state index contributed by atoms with van der Waals surface area (Å²) in [6.07, 6.45) is 5.29. The average molecular weight is 537 g/mol. The van der Waals surface area contributed by atoms with E-state index in [9.17, 15) is 4.79 Å². The van der Waals surface area contributed by atoms with Crippen molar-refractivity contribution in [3.05, 3.63) is 60.4 Å². The molecule has 200 valence electrons. The smallest absolute Gasteiger partial charge is 0.291 e. The van der Waals surface area contributed by atoms with Gasteiger partial charge in [0.15, 0.2) is 11.4 Å². The molecular weight excluding hydrogens is 504 g/mol. The van der Waals surface area contributed by atoms with Gasteiger partial charge in [-0.25, -0.2) is 4.98 Å². The predicted octanol–water partition coefficient (Wildman–Crippen LogP) is 4.29. The average Bonchev–Trinajstić information content (AvgIpc) is 3.57. The molecule has 4 rings (SSSR count). The minimum atomic E-state index is -1.52. The third-order valence-corrected chi connectivity index (χ3v) is 7.79. The molecule has 4 aromatic rings. The molecular formula is C26H32N6O5Si. The Kier molecular flexibility index (Phi) is 8.01. The van der Waals surface area contributed by atoms with Gasteiger partial charge in [0.25, 0.3) is 11.9 Å². The van der Waals surface area contributed by atoms with Gasteiger partial charge in [-0.1, -0.05) is 37.0 Å². The van der Waals surface area contributed by atoms with Crippen molar-refractivity contribution in [3.63, 3.8) is 0 Å². The first-order valence-electron chi connectivity index (χ1n) is 12.1. The minimum Gasteiger partial charge on any atom is -0.479 e. The minimum absolute atomic E-state index is 0.0469. The van der Waals surface area contributed by atoms with E-state index < -0.39 is 14.0 Å². The van der Waals surface area contributed by atoms with Crippen LogP contribution in [0.2, 0.25) is 19.6 Å². The lowest BCUT2D eigenvalue weighted by Crippen LogP contribution is -2.37. The van der Waals surface area contributed by atoms with Crippen molar-refractivity contribution in [2.24, 2.45) is 0 Å². The monoisotopic (exact) mass is 536 g/mol. The van der Waals surface area contributed by atoms with Crippen LogP contribution in [0.5, 0.6) is 23.5 Å². The number of benzene rings is 1. The van der Waals surface area contributed by atoms with Gasteiger partial charge >= 0.3 is 0 Å². The third-order valence-electron chi connectivity index (χ3n) is 5.75. The maximum atomic E-state index is 13.0. The summed E-state index contributed by atoms with van der Waals surface area (Å²) < 4.78 is 24.4. The van der Waals surface area contributed by atoms with Crippen LogP contribution in [0, 0.1) is 6.92 Å². The molecule has 0 saturated heterocycles. The lowest BCUT2D eigenvalue weighted by atomic mass is 10.2. The topological polar surface area (TPSA) is 126 Å². The highest BCUT2D eigenvalue weighted by atomic mass is 28.3. The molecule has 0 bridgehead atoms. The van der Waals surface area contributed by atoms with E-state index in [1.54, 1.807) is 18.6 Å². The van der Waals surface area contributed by atoms with Crippen molar-refractivity contribution in [1.29, 1.82) is 0 Å². The molecule has 12 heteroatoms. The molecule has 0 fully saturated rings. The molecule has 0 radical (unpaired) electrons. The zero-order valence-corrected chi connectivity index (χ0v) is 23.4. The van der Waals surface area contributed by atoms with Gasteiger partial charge in [-0.05, 0) is 24.6 Å². The number of furan rings is 1. The number of nitrogens with zero attached hydrogens (tertiary/aromatic N) is 4. The lowest BCUT2D eigenvalue weighted by molar-refractivity contribution is 0.0990. The fraction of sp³-hybridized carbons (Fsp3) is 0.308. The summed E-state index contributed by atoms with van der Waals surface area (Å²) in [6, 6.07) is 9.36.